The number of nitrogens with zero attached hydrogens (tertiary/aromatic N) is 1. The van der Waals surface area contributed by atoms with Gasteiger partial charge < -0.3 is 16.0 Å². The number of aromatic nitrogens is 2. The summed E-state index contributed by atoms with van der Waals surface area (Å²) in [6, 6.07) is 11.6. The Kier molecular flexibility index (Phi) is 4.95. The average Bonchev–Trinajstić information content (AvgIpc) is 3.24. The maximum atomic E-state index is 12.2. The Morgan fingerprint density at radius 1 is 1.32 bits per heavy atom. The van der Waals surface area contributed by atoms with Crippen molar-refractivity contribution in [2.75, 3.05) is 5.32 Å². The van der Waals surface area contributed by atoms with E-state index in [9.17, 15) is 9.59 Å². The quantitative estimate of drug-likeness (QED) is 0.632. The second kappa shape index (κ2) is 7.31. The normalized spacial score (nSPS) is 11.9. The summed E-state index contributed by atoms with van der Waals surface area (Å²) in [5.41, 5.74) is 8.11. The SMILES string of the molecule is C[C@H](CC(=O)Nc1nc(-c2c[nH]c(C(N)=O)c2)cs1)c1ccccc1. The van der Waals surface area contributed by atoms with Crippen molar-refractivity contribution in [1.82, 2.24) is 9.97 Å². The predicted molar refractivity (Wildman–Crippen MR) is 98.5 cm³/mol. The highest BCUT2D eigenvalue weighted by Gasteiger charge is 2.14. The molecule has 0 aliphatic heterocycles. The molecule has 2 aromatic heterocycles. The van der Waals surface area contributed by atoms with Crippen LogP contribution in [0.1, 0.15) is 35.3 Å². The molecule has 0 saturated carbocycles. The van der Waals surface area contributed by atoms with Crippen LogP contribution in [0.4, 0.5) is 5.13 Å². The number of thiazole rings is 1. The molecule has 25 heavy (non-hydrogen) atoms. The molecule has 1 aromatic carbocycles. The monoisotopic (exact) mass is 354 g/mol. The van der Waals surface area contributed by atoms with Gasteiger partial charge in [0.1, 0.15) is 5.69 Å². The Hall–Kier alpha value is -2.93. The van der Waals surface area contributed by atoms with Crippen LogP contribution < -0.4 is 11.1 Å². The van der Waals surface area contributed by atoms with Gasteiger partial charge in [0.15, 0.2) is 5.13 Å². The van der Waals surface area contributed by atoms with Crippen LogP contribution in [-0.2, 0) is 4.79 Å². The van der Waals surface area contributed by atoms with Gasteiger partial charge in [0.2, 0.25) is 5.91 Å². The molecule has 0 radical (unpaired) electrons. The highest BCUT2D eigenvalue weighted by molar-refractivity contribution is 7.14. The molecule has 0 unspecified atom stereocenters. The number of nitrogens with one attached hydrogen (secondary N) is 2. The molecule has 128 valence electrons. The lowest BCUT2D eigenvalue weighted by molar-refractivity contribution is -0.116. The van der Waals surface area contributed by atoms with Crippen molar-refractivity contribution >= 4 is 28.3 Å². The topological polar surface area (TPSA) is 101 Å². The Morgan fingerprint density at radius 3 is 2.76 bits per heavy atom. The molecule has 3 aromatic rings. The second-order valence-corrected chi connectivity index (χ2v) is 6.63. The highest BCUT2D eigenvalue weighted by atomic mass is 32.1. The van der Waals surface area contributed by atoms with Crippen LogP contribution in [0.15, 0.2) is 48.0 Å². The van der Waals surface area contributed by atoms with Crippen LogP contribution in [0.3, 0.4) is 0 Å². The van der Waals surface area contributed by atoms with E-state index in [2.05, 4.69) is 15.3 Å². The number of hydrogen-bond donors (Lipinski definition) is 3. The molecule has 7 heteroatoms. The molecular formula is C18H18N4O2S. The lowest BCUT2D eigenvalue weighted by Gasteiger charge is -2.10. The number of carbonyl (C=O) groups excluding carboxylic acids is 2. The Balaban J connectivity index is 1.62. The number of primary amides is 1. The standard InChI is InChI=1S/C18H18N4O2S/c1-11(12-5-3-2-4-6-12)7-16(23)22-18-21-15(10-25-18)13-8-14(17(19)24)20-9-13/h2-6,8-11,20H,7H2,1H3,(H2,19,24)(H,21,22,23)/t11-/m1/s1. The molecule has 0 aliphatic carbocycles. The predicted octanol–water partition coefficient (Wildman–Crippen LogP) is 3.37. The van der Waals surface area contributed by atoms with Gasteiger partial charge in [-0.05, 0) is 17.5 Å². The summed E-state index contributed by atoms with van der Waals surface area (Å²) in [7, 11) is 0. The minimum Gasteiger partial charge on any atom is -0.364 e. The van der Waals surface area contributed by atoms with Crippen molar-refractivity contribution in [1.29, 1.82) is 0 Å². The fourth-order valence-electron chi connectivity index (χ4n) is 2.50. The molecule has 2 heterocycles. The lowest BCUT2D eigenvalue weighted by atomic mass is 9.98. The van der Waals surface area contributed by atoms with E-state index >= 15 is 0 Å². The molecule has 3 rings (SSSR count). The molecule has 0 aliphatic rings. The van der Waals surface area contributed by atoms with Crippen LogP contribution in [-0.4, -0.2) is 21.8 Å². The highest BCUT2D eigenvalue weighted by Crippen LogP contribution is 2.26. The van der Waals surface area contributed by atoms with Crippen LogP contribution in [0.2, 0.25) is 0 Å². The van der Waals surface area contributed by atoms with Crippen molar-refractivity contribution in [2.24, 2.45) is 5.73 Å². The molecule has 4 N–H and O–H groups in total. The molecule has 6 nitrogen and oxygen atoms in total. The van der Waals surface area contributed by atoms with E-state index in [1.807, 2.05) is 42.6 Å². The maximum Gasteiger partial charge on any atom is 0.265 e. The number of anilines is 1. The molecular weight excluding hydrogens is 336 g/mol. The average molecular weight is 354 g/mol. The Labute approximate surface area is 149 Å². The largest absolute Gasteiger partial charge is 0.364 e. The zero-order valence-electron chi connectivity index (χ0n) is 13.7. The summed E-state index contributed by atoms with van der Waals surface area (Å²) in [6.45, 7) is 2.02. The van der Waals surface area contributed by atoms with E-state index in [-0.39, 0.29) is 11.8 Å². The summed E-state index contributed by atoms with van der Waals surface area (Å²) < 4.78 is 0. The zero-order valence-corrected chi connectivity index (χ0v) is 14.5. The van der Waals surface area contributed by atoms with E-state index in [0.29, 0.717) is 22.9 Å². The van der Waals surface area contributed by atoms with E-state index in [4.69, 9.17) is 5.73 Å². The van der Waals surface area contributed by atoms with Crippen molar-refractivity contribution in [3.05, 3.63) is 59.2 Å². The minimum atomic E-state index is -0.523. The third-order valence-corrected chi connectivity index (χ3v) is 4.61. The van der Waals surface area contributed by atoms with Gasteiger partial charge in [-0.1, -0.05) is 37.3 Å². The van der Waals surface area contributed by atoms with Gasteiger partial charge in [-0.2, -0.15) is 0 Å². The van der Waals surface area contributed by atoms with Gasteiger partial charge in [-0.25, -0.2) is 4.98 Å². The number of hydrogen-bond acceptors (Lipinski definition) is 4. The molecule has 1 atom stereocenters. The van der Waals surface area contributed by atoms with E-state index < -0.39 is 5.91 Å². The van der Waals surface area contributed by atoms with Crippen LogP contribution in [0.5, 0.6) is 0 Å². The van der Waals surface area contributed by atoms with E-state index in [1.165, 1.54) is 11.3 Å². The molecule has 0 fully saturated rings. The first-order chi connectivity index (χ1) is 12.0. The van der Waals surface area contributed by atoms with Gasteiger partial charge in [-0.3, -0.25) is 9.59 Å². The Bertz CT molecular complexity index is 885. The van der Waals surface area contributed by atoms with Crippen molar-refractivity contribution < 1.29 is 9.59 Å². The smallest absolute Gasteiger partial charge is 0.265 e. The Morgan fingerprint density at radius 2 is 2.08 bits per heavy atom. The van der Waals surface area contributed by atoms with Crippen molar-refractivity contribution in [2.45, 2.75) is 19.3 Å². The second-order valence-electron chi connectivity index (χ2n) is 5.77. The number of rotatable bonds is 6. The van der Waals surface area contributed by atoms with Gasteiger partial charge in [-0.15, -0.1) is 11.3 Å². The summed E-state index contributed by atoms with van der Waals surface area (Å²) in [4.78, 5) is 30.5. The number of benzene rings is 1. The number of H-pyrrole nitrogens is 1. The fraction of sp³-hybridized carbons (Fsp3) is 0.167. The van der Waals surface area contributed by atoms with Crippen LogP contribution in [0, 0.1) is 0 Å². The van der Waals surface area contributed by atoms with Gasteiger partial charge in [0, 0.05) is 23.6 Å². The molecule has 0 spiro atoms. The van der Waals surface area contributed by atoms with Crippen molar-refractivity contribution in [3.63, 3.8) is 0 Å². The summed E-state index contributed by atoms with van der Waals surface area (Å²) in [5, 5.41) is 5.18. The number of amides is 2. The van der Waals surface area contributed by atoms with Gasteiger partial charge in [0.05, 0.1) is 5.69 Å². The number of carbonyl (C=O) groups is 2. The van der Waals surface area contributed by atoms with Crippen molar-refractivity contribution in [3.8, 4) is 11.3 Å². The van der Waals surface area contributed by atoms with Gasteiger partial charge in [0.25, 0.3) is 5.91 Å². The minimum absolute atomic E-state index is 0.0795. The third-order valence-electron chi connectivity index (χ3n) is 3.85. The lowest BCUT2D eigenvalue weighted by Crippen LogP contribution is -2.14. The first-order valence-corrected chi connectivity index (χ1v) is 8.70. The first kappa shape index (κ1) is 16.9. The zero-order chi connectivity index (χ0) is 17.8. The molecule has 0 bridgehead atoms. The fourth-order valence-corrected chi connectivity index (χ4v) is 3.23. The van der Waals surface area contributed by atoms with Gasteiger partial charge >= 0.3 is 0 Å². The van der Waals surface area contributed by atoms with Crippen LogP contribution in [0.25, 0.3) is 11.3 Å². The summed E-state index contributed by atoms with van der Waals surface area (Å²) in [6.07, 6.45) is 2.05. The molecule has 2 amide bonds. The van der Waals surface area contributed by atoms with Crippen LogP contribution >= 0.6 is 11.3 Å². The summed E-state index contributed by atoms with van der Waals surface area (Å²) >= 11 is 1.34. The number of aromatic amines is 1. The van der Waals surface area contributed by atoms with E-state index in [1.54, 1.807) is 12.3 Å². The summed E-state index contributed by atoms with van der Waals surface area (Å²) in [5.74, 6) is -0.475. The molecule has 0 saturated heterocycles. The third kappa shape index (κ3) is 4.13. The van der Waals surface area contributed by atoms with E-state index in [0.717, 1.165) is 11.1 Å². The number of nitrogens with two attached hydrogens (primary N) is 1. The first-order valence-electron chi connectivity index (χ1n) is 7.82. The maximum absolute atomic E-state index is 12.2.